The molecule has 1 rings (SSSR count). The Kier molecular flexibility index (Phi) is 4.21. The number of ketones is 1. The molecule has 0 aliphatic rings. The monoisotopic (exact) mass is 209 g/mol. The first-order chi connectivity index (χ1) is 6.61. The van der Waals surface area contributed by atoms with Gasteiger partial charge in [-0.3, -0.25) is 4.79 Å². The van der Waals surface area contributed by atoms with Crippen LogP contribution >= 0.6 is 0 Å². The minimum Gasteiger partial charge on any atom is -0.289 e. The molecule has 0 radical (unpaired) electrons. The Balaban J connectivity index is 2.60. The number of carbonyl (C=O) groups excluding carboxylic acids is 1. The molecule has 0 amide bonds. The van der Waals surface area contributed by atoms with Crippen molar-refractivity contribution in [3.8, 4) is 0 Å². The van der Waals surface area contributed by atoms with E-state index in [4.69, 9.17) is 0 Å². The van der Waals surface area contributed by atoms with E-state index in [1.165, 1.54) is 0 Å². The third-order valence-electron chi connectivity index (χ3n) is 2.26. The average molecular weight is 209 g/mol. The third kappa shape index (κ3) is 3.18. The largest absolute Gasteiger partial charge is 0.289 e. The second kappa shape index (κ2) is 5.20. The zero-order valence-corrected chi connectivity index (χ0v) is 9.80. The van der Waals surface area contributed by atoms with Crippen LogP contribution in [0.5, 0.6) is 0 Å². The molecule has 1 unspecified atom stereocenters. The van der Waals surface area contributed by atoms with Gasteiger partial charge in [-0.15, -0.1) is 0 Å². The summed E-state index contributed by atoms with van der Waals surface area (Å²) in [6.45, 7) is 4.34. The van der Waals surface area contributed by atoms with E-state index in [0.717, 1.165) is 5.56 Å². The zero-order chi connectivity index (χ0) is 10.6. The highest BCUT2D eigenvalue weighted by molar-refractivity contribution is 7.97. The highest BCUT2D eigenvalue weighted by Gasteiger charge is 2.21. The Morgan fingerprint density at radius 1 is 1.29 bits per heavy atom. The van der Waals surface area contributed by atoms with E-state index < -0.39 is 0 Å². The highest BCUT2D eigenvalue weighted by atomic mass is 32.2. The first-order valence-corrected chi connectivity index (χ1v) is 6.67. The van der Waals surface area contributed by atoms with Gasteiger partial charge in [-0.1, -0.05) is 30.3 Å². The molecule has 0 aliphatic carbocycles. The van der Waals surface area contributed by atoms with Crippen molar-refractivity contribution in [3.05, 3.63) is 35.9 Å². The van der Waals surface area contributed by atoms with Gasteiger partial charge in [-0.2, -0.15) is 0 Å². The third-order valence-corrected chi connectivity index (χ3v) is 4.59. The fraction of sp³-hybridized carbons (Fsp3) is 0.417. The van der Waals surface area contributed by atoms with Gasteiger partial charge >= 0.3 is 0 Å². The second-order valence-corrected chi connectivity index (χ2v) is 6.29. The molecule has 0 saturated heterocycles. The molecule has 14 heavy (non-hydrogen) atoms. The van der Waals surface area contributed by atoms with Crippen LogP contribution in [0.3, 0.4) is 0 Å². The number of carbonyl (C=O) groups is 1. The number of hydrogen-bond donors (Lipinski definition) is 0. The molecule has 0 saturated carbocycles. The van der Waals surface area contributed by atoms with Gasteiger partial charge < -0.3 is 0 Å². The van der Waals surface area contributed by atoms with Crippen LogP contribution in [0, 0.1) is 0 Å². The van der Waals surface area contributed by atoms with Crippen LogP contribution in [0.25, 0.3) is 0 Å². The van der Waals surface area contributed by atoms with Crippen LogP contribution in [0.1, 0.15) is 24.2 Å². The normalized spacial score (nSPS) is 12.9. The van der Waals surface area contributed by atoms with Crippen molar-refractivity contribution in [1.82, 2.24) is 0 Å². The van der Waals surface area contributed by atoms with Gasteiger partial charge in [0.15, 0.2) is 5.75 Å². The summed E-state index contributed by atoms with van der Waals surface area (Å²) in [7, 11) is 0.198. The van der Waals surface area contributed by atoms with Crippen LogP contribution < -0.4 is 0 Å². The van der Waals surface area contributed by atoms with Crippen LogP contribution in [0.4, 0.5) is 0 Å². The number of benzene rings is 1. The molecule has 2 heteroatoms. The summed E-state index contributed by atoms with van der Waals surface area (Å²) in [6, 6.07) is 9.54. The number of hydrogen-bond acceptors (Lipinski definition) is 1. The van der Waals surface area contributed by atoms with Crippen molar-refractivity contribution in [2.75, 3.05) is 12.0 Å². The van der Waals surface area contributed by atoms with Crippen LogP contribution in [-0.2, 0) is 10.9 Å². The summed E-state index contributed by atoms with van der Waals surface area (Å²) in [4.78, 5) is 11.8. The lowest BCUT2D eigenvalue weighted by atomic mass is 10.2. The Labute approximate surface area is 88.9 Å². The molecule has 1 nitrogen and oxygen atoms in total. The molecule has 0 aliphatic heterocycles. The van der Waals surface area contributed by atoms with Crippen molar-refractivity contribution in [2.24, 2.45) is 0 Å². The Bertz CT molecular complexity index is 292. The quantitative estimate of drug-likeness (QED) is 0.550. The molecule has 0 spiro atoms. The molecule has 1 aromatic carbocycles. The molecular weight excluding hydrogens is 192 g/mol. The summed E-state index contributed by atoms with van der Waals surface area (Å²) >= 11 is 0. The fourth-order valence-electron chi connectivity index (χ4n) is 1.08. The molecule has 0 heterocycles. The smallest absolute Gasteiger partial charge is 0.211 e. The lowest BCUT2D eigenvalue weighted by molar-refractivity contribution is 0.102. The number of rotatable bonds is 4. The maximum absolute atomic E-state index is 11.8. The first-order valence-electron chi connectivity index (χ1n) is 4.81. The summed E-state index contributed by atoms with van der Waals surface area (Å²) in [5, 5.41) is 0.600. The lowest BCUT2D eigenvalue weighted by Gasteiger charge is -2.05. The van der Waals surface area contributed by atoms with Crippen molar-refractivity contribution >= 4 is 16.7 Å². The minimum atomic E-state index is 0.198. The van der Waals surface area contributed by atoms with Crippen LogP contribution in [0.15, 0.2) is 30.3 Å². The van der Waals surface area contributed by atoms with Gasteiger partial charge in [-0.25, -0.2) is 0 Å². The van der Waals surface area contributed by atoms with Gasteiger partial charge in [0.2, 0.25) is 5.78 Å². The molecule has 1 atom stereocenters. The Morgan fingerprint density at radius 2 is 1.86 bits per heavy atom. The lowest BCUT2D eigenvalue weighted by Crippen LogP contribution is -2.22. The highest BCUT2D eigenvalue weighted by Crippen LogP contribution is 2.07. The van der Waals surface area contributed by atoms with Gasteiger partial charge in [0.25, 0.3) is 0 Å². The van der Waals surface area contributed by atoms with Crippen molar-refractivity contribution in [3.63, 3.8) is 0 Å². The van der Waals surface area contributed by atoms with E-state index in [9.17, 15) is 4.79 Å². The van der Waals surface area contributed by atoms with Crippen LogP contribution in [-0.4, -0.2) is 23.0 Å². The predicted molar refractivity (Wildman–Crippen MR) is 64.1 cm³/mol. The SMILES string of the molecule is CC(C)[S+](C)CC(=O)c1ccccc1. The van der Waals surface area contributed by atoms with Gasteiger partial charge in [0.05, 0.1) is 6.26 Å². The van der Waals surface area contributed by atoms with Crippen molar-refractivity contribution < 1.29 is 4.79 Å². The minimum absolute atomic E-state index is 0.198. The number of Topliss-reactive ketones (excluding diaryl/α,β-unsaturated/α-hetero) is 1. The molecule has 0 fully saturated rings. The van der Waals surface area contributed by atoms with E-state index in [1.54, 1.807) is 0 Å². The summed E-state index contributed by atoms with van der Waals surface area (Å²) < 4.78 is 0. The first kappa shape index (κ1) is 11.3. The second-order valence-electron chi connectivity index (χ2n) is 3.67. The van der Waals surface area contributed by atoms with Gasteiger partial charge in [-0.05, 0) is 24.7 Å². The van der Waals surface area contributed by atoms with E-state index in [0.29, 0.717) is 11.0 Å². The summed E-state index contributed by atoms with van der Waals surface area (Å²) in [5.41, 5.74) is 0.840. The molecule has 0 bridgehead atoms. The summed E-state index contributed by atoms with van der Waals surface area (Å²) in [6.07, 6.45) is 2.16. The zero-order valence-electron chi connectivity index (χ0n) is 8.99. The van der Waals surface area contributed by atoms with Crippen molar-refractivity contribution in [1.29, 1.82) is 0 Å². The van der Waals surface area contributed by atoms with E-state index >= 15 is 0 Å². The topological polar surface area (TPSA) is 17.1 Å². The maximum Gasteiger partial charge on any atom is 0.211 e. The van der Waals surface area contributed by atoms with E-state index in [-0.39, 0.29) is 16.7 Å². The molecular formula is C12H17OS+. The summed E-state index contributed by atoms with van der Waals surface area (Å²) in [5.74, 6) is 0.951. The van der Waals surface area contributed by atoms with E-state index in [1.807, 2.05) is 30.3 Å². The standard InChI is InChI=1S/C12H17OS/c1-10(2)14(3)9-12(13)11-7-5-4-6-8-11/h4-8,10H,9H2,1-3H3/q+1. The van der Waals surface area contributed by atoms with Gasteiger partial charge in [0.1, 0.15) is 5.25 Å². The molecule has 0 N–H and O–H groups in total. The van der Waals surface area contributed by atoms with Crippen LogP contribution in [0.2, 0.25) is 0 Å². The van der Waals surface area contributed by atoms with Gasteiger partial charge in [0, 0.05) is 5.56 Å². The average Bonchev–Trinajstić information content (AvgIpc) is 2.19. The Hall–Kier alpha value is -0.760. The Morgan fingerprint density at radius 3 is 2.36 bits per heavy atom. The van der Waals surface area contributed by atoms with E-state index in [2.05, 4.69) is 20.1 Å². The molecule has 0 aromatic heterocycles. The maximum atomic E-state index is 11.8. The molecule has 76 valence electrons. The predicted octanol–water partition coefficient (Wildman–Crippen LogP) is 2.53. The van der Waals surface area contributed by atoms with Crippen molar-refractivity contribution in [2.45, 2.75) is 19.1 Å². The fourth-order valence-corrected chi connectivity index (χ4v) is 1.99. The molecule has 1 aromatic rings.